The molecule has 1 aromatic rings. The van der Waals surface area contributed by atoms with Crippen LogP contribution in [0.25, 0.3) is 0 Å². The molecule has 0 radical (unpaired) electrons. The Morgan fingerprint density at radius 1 is 1.16 bits per heavy atom. The molecule has 0 aliphatic rings. The lowest BCUT2D eigenvalue weighted by molar-refractivity contribution is -0.211. The van der Waals surface area contributed by atoms with E-state index in [1.807, 2.05) is 13.8 Å². The molecule has 3 amide bonds. The molecule has 32 heavy (non-hydrogen) atoms. The Labute approximate surface area is 188 Å². The summed E-state index contributed by atoms with van der Waals surface area (Å²) < 4.78 is 15.2. The van der Waals surface area contributed by atoms with Crippen LogP contribution in [0.15, 0.2) is 24.3 Å². The summed E-state index contributed by atoms with van der Waals surface area (Å²) in [5, 5.41) is 5.35. The predicted molar refractivity (Wildman–Crippen MR) is 117 cm³/mol. The quantitative estimate of drug-likeness (QED) is 0.233. The molecule has 0 spiro atoms. The monoisotopic (exact) mass is 470 g/mol. The van der Waals surface area contributed by atoms with Crippen molar-refractivity contribution in [3.8, 4) is 5.75 Å². The fraction of sp³-hybridized carbons (Fsp3) is 0.571. The first kappa shape index (κ1) is 27.6. The molecule has 0 heterocycles. The van der Waals surface area contributed by atoms with E-state index in [9.17, 15) is 23.8 Å². The second-order valence-electron chi connectivity index (χ2n) is 7.76. The van der Waals surface area contributed by atoms with Gasteiger partial charge in [-0.3, -0.25) is 18.9 Å². The zero-order valence-corrected chi connectivity index (χ0v) is 19.6. The van der Waals surface area contributed by atoms with Crippen molar-refractivity contribution in [2.75, 3.05) is 0 Å². The Morgan fingerprint density at radius 3 is 2.28 bits per heavy atom. The minimum absolute atomic E-state index is 0.0891. The number of hydrogen-bond donors (Lipinski definition) is 4. The van der Waals surface area contributed by atoms with Gasteiger partial charge in [-0.2, -0.15) is 0 Å². The Morgan fingerprint density at radius 2 is 1.78 bits per heavy atom. The van der Waals surface area contributed by atoms with E-state index in [4.69, 9.17) is 10.6 Å². The third-order valence-electron chi connectivity index (χ3n) is 5.06. The molecule has 4 atom stereocenters. The van der Waals surface area contributed by atoms with Crippen LogP contribution in [0.3, 0.4) is 0 Å². The van der Waals surface area contributed by atoms with Crippen molar-refractivity contribution < 1.29 is 33.3 Å². The van der Waals surface area contributed by atoms with Gasteiger partial charge in [-0.25, -0.2) is 0 Å². The standard InChI is InChI=1S/C21H34N3O7P/c1-4-6-7-8-18(25)23-17(21(27)24-19(20(22)26)14(3)5-2)13-15-9-11-16(12-10-15)31-32(28,29)30/h9-12,14,17,19H,4-8,13H2,1-3H3,(H2,22,26)(H,23,25)(H,24,27)(H2,28,29,30)/p-1/t14?,17?,19-/m0/s1. The fourth-order valence-electron chi connectivity index (χ4n) is 3.05. The lowest BCUT2D eigenvalue weighted by atomic mass is 9.97. The smallest absolute Gasteiger partial charge is 0.317 e. The van der Waals surface area contributed by atoms with Gasteiger partial charge in [0.2, 0.25) is 17.7 Å². The number of amides is 3. The molecule has 0 fully saturated rings. The number of phosphoric acid groups is 1. The number of rotatable bonds is 14. The second-order valence-corrected chi connectivity index (χ2v) is 8.88. The van der Waals surface area contributed by atoms with Crippen LogP contribution in [0.2, 0.25) is 0 Å². The van der Waals surface area contributed by atoms with Crippen LogP contribution in [0.1, 0.15) is 58.4 Å². The van der Waals surface area contributed by atoms with Gasteiger partial charge in [0.05, 0.1) is 0 Å². The number of benzene rings is 1. The highest BCUT2D eigenvalue weighted by Crippen LogP contribution is 2.33. The summed E-state index contributed by atoms with van der Waals surface area (Å²) in [7, 11) is -4.93. The summed E-state index contributed by atoms with van der Waals surface area (Å²) in [5.74, 6) is -1.77. The third kappa shape index (κ3) is 10.3. The lowest BCUT2D eigenvalue weighted by Gasteiger charge is -2.25. The number of nitrogens with two attached hydrogens (primary N) is 1. The van der Waals surface area contributed by atoms with Crippen molar-refractivity contribution in [3.05, 3.63) is 29.8 Å². The number of nitrogens with one attached hydrogen (secondary N) is 2. The van der Waals surface area contributed by atoms with Crippen LogP contribution >= 0.6 is 7.82 Å². The van der Waals surface area contributed by atoms with Crippen molar-refractivity contribution >= 4 is 25.5 Å². The van der Waals surface area contributed by atoms with Crippen LogP contribution < -0.4 is 25.8 Å². The van der Waals surface area contributed by atoms with E-state index in [1.165, 1.54) is 24.3 Å². The van der Waals surface area contributed by atoms with Crippen molar-refractivity contribution in [3.63, 3.8) is 0 Å². The summed E-state index contributed by atoms with van der Waals surface area (Å²) in [4.78, 5) is 56.7. The van der Waals surface area contributed by atoms with Gasteiger partial charge in [-0.1, -0.05) is 52.2 Å². The Bertz CT molecular complexity index is 810. The minimum atomic E-state index is -4.93. The predicted octanol–water partition coefficient (Wildman–Crippen LogP) is 1.15. The number of primary amides is 1. The molecule has 180 valence electrons. The molecule has 11 heteroatoms. The molecule has 1 aromatic carbocycles. The van der Waals surface area contributed by atoms with Crippen molar-refractivity contribution in [2.24, 2.45) is 11.7 Å². The first-order valence-corrected chi connectivity index (χ1v) is 12.2. The SMILES string of the molecule is CCCCCC(=O)NC(Cc1ccc(OP(=O)([O-])O)cc1)C(=O)N[C@H](C(N)=O)C(C)CC. The number of carbonyl (C=O) groups excluding carboxylic acids is 3. The molecule has 0 aliphatic carbocycles. The normalized spacial score (nSPS) is 15.7. The molecule has 0 aliphatic heterocycles. The first-order chi connectivity index (χ1) is 15.0. The molecule has 0 saturated heterocycles. The molecule has 5 N–H and O–H groups in total. The van der Waals surface area contributed by atoms with Crippen molar-refractivity contribution in [2.45, 2.75) is 71.4 Å². The van der Waals surface area contributed by atoms with Gasteiger partial charge >= 0.3 is 7.82 Å². The number of phosphoric ester groups is 1. The topological polar surface area (TPSA) is 171 Å². The number of carbonyl (C=O) groups is 3. The van der Waals surface area contributed by atoms with Gasteiger partial charge in [0.15, 0.2) is 0 Å². The van der Waals surface area contributed by atoms with E-state index >= 15 is 0 Å². The highest BCUT2D eigenvalue weighted by molar-refractivity contribution is 7.45. The molecule has 3 unspecified atom stereocenters. The average molecular weight is 470 g/mol. The van der Waals surface area contributed by atoms with Gasteiger partial charge in [0.25, 0.3) is 0 Å². The molecule has 0 bridgehead atoms. The summed E-state index contributed by atoms with van der Waals surface area (Å²) in [6, 6.07) is 3.81. The van der Waals surface area contributed by atoms with E-state index in [0.717, 1.165) is 12.8 Å². The molecule has 10 nitrogen and oxygen atoms in total. The van der Waals surface area contributed by atoms with Gasteiger partial charge in [0, 0.05) is 12.8 Å². The van der Waals surface area contributed by atoms with Crippen LogP contribution in [-0.4, -0.2) is 34.7 Å². The van der Waals surface area contributed by atoms with Crippen LogP contribution in [0.4, 0.5) is 0 Å². The van der Waals surface area contributed by atoms with Gasteiger partial charge in [0.1, 0.15) is 17.8 Å². The van der Waals surface area contributed by atoms with E-state index in [2.05, 4.69) is 15.2 Å². The molecule has 1 rings (SSSR count). The summed E-state index contributed by atoms with van der Waals surface area (Å²) in [6.45, 7) is 5.68. The van der Waals surface area contributed by atoms with E-state index in [-0.39, 0.29) is 30.4 Å². The van der Waals surface area contributed by atoms with E-state index in [0.29, 0.717) is 18.4 Å². The maximum atomic E-state index is 12.9. The van der Waals surface area contributed by atoms with Gasteiger partial charge in [-0.05, 0) is 30.0 Å². The summed E-state index contributed by atoms with van der Waals surface area (Å²) in [5.41, 5.74) is 6.04. The fourth-order valence-corrected chi connectivity index (χ4v) is 3.44. The summed E-state index contributed by atoms with van der Waals surface area (Å²) >= 11 is 0. The molecule has 0 saturated carbocycles. The zero-order chi connectivity index (χ0) is 24.3. The Balaban J connectivity index is 2.98. The van der Waals surface area contributed by atoms with Gasteiger partial charge < -0.3 is 30.7 Å². The molecular weight excluding hydrogens is 437 g/mol. The average Bonchev–Trinajstić information content (AvgIpc) is 2.71. The summed E-state index contributed by atoms with van der Waals surface area (Å²) in [6.07, 6.45) is 3.51. The largest absolute Gasteiger partial charge is 0.746 e. The molecular formula is C21H33N3O7P-. The second kappa shape index (κ2) is 13.2. The zero-order valence-electron chi connectivity index (χ0n) is 18.7. The van der Waals surface area contributed by atoms with Crippen LogP contribution in [0, 0.1) is 5.92 Å². The maximum absolute atomic E-state index is 12.9. The minimum Gasteiger partial charge on any atom is -0.746 e. The lowest BCUT2D eigenvalue weighted by Crippen LogP contribution is -2.55. The number of unbranched alkanes of at least 4 members (excludes halogenated alkanes) is 2. The Hall–Kier alpha value is -2.42. The number of hydrogen-bond acceptors (Lipinski definition) is 6. The van der Waals surface area contributed by atoms with Crippen molar-refractivity contribution in [1.82, 2.24) is 10.6 Å². The van der Waals surface area contributed by atoms with E-state index in [1.54, 1.807) is 6.92 Å². The van der Waals surface area contributed by atoms with Crippen LogP contribution in [0.5, 0.6) is 5.75 Å². The highest BCUT2D eigenvalue weighted by Gasteiger charge is 2.28. The van der Waals surface area contributed by atoms with Crippen LogP contribution in [-0.2, 0) is 25.4 Å². The molecule has 0 aromatic heterocycles. The van der Waals surface area contributed by atoms with Gasteiger partial charge in [-0.15, -0.1) is 0 Å². The maximum Gasteiger partial charge on any atom is 0.317 e. The third-order valence-corrected chi connectivity index (χ3v) is 5.50. The Kier molecular flexibility index (Phi) is 11.4. The van der Waals surface area contributed by atoms with E-state index < -0.39 is 31.7 Å². The van der Waals surface area contributed by atoms with Crippen molar-refractivity contribution in [1.29, 1.82) is 0 Å². The first-order valence-electron chi connectivity index (χ1n) is 10.7. The highest BCUT2D eigenvalue weighted by atomic mass is 31.2.